The molecular formula is C13H20N2OS. The number of aromatic nitrogens is 2. The molecule has 0 bridgehead atoms. The average Bonchev–Trinajstić information content (AvgIpc) is 2.54. The smallest absolute Gasteiger partial charge is 0.136 e. The van der Waals surface area contributed by atoms with Crippen molar-refractivity contribution in [2.75, 3.05) is 6.61 Å². The van der Waals surface area contributed by atoms with Gasteiger partial charge in [-0.2, -0.15) is 0 Å². The normalized spacial score (nSPS) is 17.3. The SMILES string of the molecule is CCOC(C)c1nc(=S)c2c([nH]1)CCCCC2. The van der Waals surface area contributed by atoms with Gasteiger partial charge in [0.2, 0.25) is 0 Å². The molecule has 0 amide bonds. The summed E-state index contributed by atoms with van der Waals surface area (Å²) in [6.45, 7) is 4.70. The van der Waals surface area contributed by atoms with Gasteiger partial charge in [0, 0.05) is 17.9 Å². The van der Waals surface area contributed by atoms with Crippen LogP contribution in [0.3, 0.4) is 0 Å². The van der Waals surface area contributed by atoms with Crippen LogP contribution in [0, 0.1) is 4.64 Å². The van der Waals surface area contributed by atoms with Crippen LogP contribution in [0.2, 0.25) is 0 Å². The van der Waals surface area contributed by atoms with Gasteiger partial charge in [0.15, 0.2) is 0 Å². The van der Waals surface area contributed by atoms with Crippen molar-refractivity contribution in [3.05, 3.63) is 21.7 Å². The fraction of sp³-hybridized carbons (Fsp3) is 0.692. The van der Waals surface area contributed by atoms with Crippen molar-refractivity contribution in [3.63, 3.8) is 0 Å². The van der Waals surface area contributed by atoms with Crippen molar-refractivity contribution < 1.29 is 4.74 Å². The minimum Gasteiger partial charge on any atom is -0.371 e. The van der Waals surface area contributed by atoms with Crippen LogP contribution in [0.1, 0.15) is 56.3 Å². The molecule has 3 nitrogen and oxygen atoms in total. The number of aryl methyl sites for hydroxylation is 1. The van der Waals surface area contributed by atoms with E-state index in [9.17, 15) is 0 Å². The molecule has 17 heavy (non-hydrogen) atoms. The monoisotopic (exact) mass is 252 g/mol. The highest BCUT2D eigenvalue weighted by atomic mass is 32.1. The van der Waals surface area contributed by atoms with E-state index in [4.69, 9.17) is 17.0 Å². The summed E-state index contributed by atoms with van der Waals surface area (Å²) < 4.78 is 6.33. The predicted octanol–water partition coefficient (Wildman–Crippen LogP) is 3.51. The Kier molecular flexibility index (Phi) is 4.29. The number of hydrogen-bond donors (Lipinski definition) is 1. The van der Waals surface area contributed by atoms with Gasteiger partial charge in [-0.15, -0.1) is 0 Å². The number of ether oxygens (including phenoxy) is 1. The molecule has 94 valence electrons. The molecule has 1 aromatic rings. The lowest BCUT2D eigenvalue weighted by Gasteiger charge is -2.14. The van der Waals surface area contributed by atoms with E-state index in [0.29, 0.717) is 6.61 Å². The van der Waals surface area contributed by atoms with Gasteiger partial charge in [0.1, 0.15) is 16.6 Å². The molecule has 1 heterocycles. The standard InChI is InChI=1S/C13H20N2OS/c1-3-16-9(2)12-14-11-8-6-4-5-7-10(11)13(17)15-12/h9H,3-8H2,1-2H3,(H,14,15,17). The van der Waals surface area contributed by atoms with E-state index in [2.05, 4.69) is 9.97 Å². The van der Waals surface area contributed by atoms with Crippen molar-refractivity contribution in [2.24, 2.45) is 0 Å². The van der Waals surface area contributed by atoms with Crippen molar-refractivity contribution in [1.29, 1.82) is 0 Å². The van der Waals surface area contributed by atoms with Gasteiger partial charge < -0.3 is 9.72 Å². The zero-order chi connectivity index (χ0) is 12.3. The molecule has 1 atom stereocenters. The molecule has 1 aromatic heterocycles. The molecule has 0 spiro atoms. The Bertz CT molecular complexity index is 442. The quantitative estimate of drug-likeness (QED) is 0.661. The molecule has 0 saturated carbocycles. The van der Waals surface area contributed by atoms with Gasteiger partial charge in [-0.1, -0.05) is 18.6 Å². The number of nitrogens with zero attached hydrogens (tertiary/aromatic N) is 1. The Morgan fingerprint density at radius 1 is 1.35 bits per heavy atom. The molecule has 0 fully saturated rings. The topological polar surface area (TPSA) is 37.9 Å². The Balaban J connectivity index is 2.35. The highest BCUT2D eigenvalue weighted by Crippen LogP contribution is 2.22. The second-order valence-corrected chi connectivity index (χ2v) is 4.93. The maximum atomic E-state index is 5.57. The highest BCUT2D eigenvalue weighted by Gasteiger charge is 2.15. The third-order valence-electron chi connectivity index (χ3n) is 3.28. The van der Waals surface area contributed by atoms with Crippen LogP contribution >= 0.6 is 12.2 Å². The van der Waals surface area contributed by atoms with Crippen LogP contribution in [0.15, 0.2) is 0 Å². The molecule has 0 aliphatic heterocycles. The van der Waals surface area contributed by atoms with Gasteiger partial charge in [-0.05, 0) is 39.5 Å². The predicted molar refractivity (Wildman–Crippen MR) is 70.7 cm³/mol. The lowest BCUT2D eigenvalue weighted by atomic mass is 10.1. The summed E-state index contributed by atoms with van der Waals surface area (Å²) in [6, 6.07) is 0. The Morgan fingerprint density at radius 2 is 2.12 bits per heavy atom. The van der Waals surface area contributed by atoms with E-state index in [1.165, 1.54) is 30.5 Å². The Hall–Kier alpha value is -0.740. The zero-order valence-electron chi connectivity index (χ0n) is 10.6. The van der Waals surface area contributed by atoms with Crippen molar-refractivity contribution in [2.45, 2.75) is 52.1 Å². The van der Waals surface area contributed by atoms with Gasteiger partial charge in [0.05, 0.1) is 0 Å². The van der Waals surface area contributed by atoms with Crippen molar-refractivity contribution in [3.8, 4) is 0 Å². The lowest BCUT2D eigenvalue weighted by Crippen LogP contribution is -2.09. The number of H-pyrrole nitrogens is 1. The van der Waals surface area contributed by atoms with Crippen LogP contribution in [-0.4, -0.2) is 16.6 Å². The summed E-state index contributed by atoms with van der Waals surface area (Å²) in [5.41, 5.74) is 2.54. The molecule has 0 aromatic carbocycles. The molecule has 1 aliphatic rings. The second kappa shape index (κ2) is 5.74. The largest absolute Gasteiger partial charge is 0.371 e. The molecule has 1 N–H and O–H groups in total. The maximum Gasteiger partial charge on any atom is 0.136 e. The molecule has 0 radical (unpaired) electrons. The highest BCUT2D eigenvalue weighted by molar-refractivity contribution is 7.71. The van der Waals surface area contributed by atoms with Gasteiger partial charge in [-0.25, -0.2) is 4.98 Å². The van der Waals surface area contributed by atoms with Crippen molar-refractivity contribution in [1.82, 2.24) is 9.97 Å². The van der Waals surface area contributed by atoms with Crippen LogP contribution in [0.4, 0.5) is 0 Å². The first-order valence-electron chi connectivity index (χ1n) is 6.46. The van der Waals surface area contributed by atoms with Crippen LogP contribution in [0.5, 0.6) is 0 Å². The number of aromatic amines is 1. The molecule has 4 heteroatoms. The van der Waals surface area contributed by atoms with Gasteiger partial charge in [0.25, 0.3) is 0 Å². The maximum absolute atomic E-state index is 5.57. The van der Waals surface area contributed by atoms with E-state index >= 15 is 0 Å². The molecule has 1 unspecified atom stereocenters. The summed E-state index contributed by atoms with van der Waals surface area (Å²) >= 11 is 5.40. The Morgan fingerprint density at radius 3 is 2.88 bits per heavy atom. The first kappa shape index (κ1) is 12.7. The van der Waals surface area contributed by atoms with Gasteiger partial charge >= 0.3 is 0 Å². The second-order valence-electron chi connectivity index (χ2n) is 4.54. The van der Waals surface area contributed by atoms with E-state index < -0.39 is 0 Å². The summed E-state index contributed by atoms with van der Waals surface area (Å²) in [4.78, 5) is 7.91. The molecule has 1 aliphatic carbocycles. The fourth-order valence-electron chi connectivity index (χ4n) is 2.34. The molecule has 0 saturated heterocycles. The number of rotatable bonds is 3. The first-order chi connectivity index (χ1) is 8.22. The number of hydrogen-bond acceptors (Lipinski definition) is 3. The van der Waals surface area contributed by atoms with Crippen LogP contribution in [-0.2, 0) is 17.6 Å². The minimum atomic E-state index is -0.00440. The molecule has 2 rings (SSSR count). The summed E-state index contributed by atoms with van der Waals surface area (Å²) in [5, 5.41) is 0. The van der Waals surface area contributed by atoms with E-state index in [1.807, 2.05) is 13.8 Å². The first-order valence-corrected chi connectivity index (χ1v) is 6.86. The number of fused-ring (bicyclic) bond motifs is 1. The third kappa shape index (κ3) is 2.93. The third-order valence-corrected chi connectivity index (χ3v) is 3.62. The zero-order valence-corrected chi connectivity index (χ0v) is 11.4. The lowest BCUT2D eigenvalue weighted by molar-refractivity contribution is 0.0697. The van der Waals surface area contributed by atoms with E-state index in [-0.39, 0.29) is 6.10 Å². The summed E-state index contributed by atoms with van der Waals surface area (Å²) in [7, 11) is 0. The van der Waals surface area contributed by atoms with E-state index in [1.54, 1.807) is 0 Å². The molecular weight excluding hydrogens is 232 g/mol. The average molecular weight is 252 g/mol. The van der Waals surface area contributed by atoms with Gasteiger partial charge in [-0.3, -0.25) is 0 Å². The number of nitrogens with one attached hydrogen (secondary N) is 1. The van der Waals surface area contributed by atoms with Crippen LogP contribution < -0.4 is 0 Å². The minimum absolute atomic E-state index is 0.00440. The van der Waals surface area contributed by atoms with E-state index in [0.717, 1.165) is 23.3 Å². The fourth-order valence-corrected chi connectivity index (χ4v) is 2.66. The summed E-state index contributed by atoms with van der Waals surface area (Å²) in [5.74, 6) is 0.873. The van der Waals surface area contributed by atoms with Crippen molar-refractivity contribution >= 4 is 12.2 Å². The van der Waals surface area contributed by atoms with Crippen LogP contribution in [0.25, 0.3) is 0 Å². The summed E-state index contributed by atoms with van der Waals surface area (Å²) in [6.07, 6.45) is 5.91. The Labute approximate surface area is 108 Å².